The van der Waals surface area contributed by atoms with Crippen LogP contribution in [0.25, 0.3) is 0 Å². The van der Waals surface area contributed by atoms with Crippen molar-refractivity contribution in [2.24, 2.45) is 0 Å². The van der Waals surface area contributed by atoms with Crippen LogP contribution in [0.3, 0.4) is 0 Å². The molecule has 10 heteroatoms. The average Bonchev–Trinajstić information content (AvgIpc) is 3.20. The summed E-state index contributed by atoms with van der Waals surface area (Å²) in [5, 5.41) is 7.70. The van der Waals surface area contributed by atoms with Gasteiger partial charge in [0.1, 0.15) is 16.3 Å². The van der Waals surface area contributed by atoms with Crippen LogP contribution in [0.4, 0.5) is 0 Å². The van der Waals surface area contributed by atoms with Crippen LogP contribution in [-0.2, 0) is 16.4 Å². The Morgan fingerprint density at radius 1 is 1.17 bits per heavy atom. The molecule has 0 N–H and O–H groups in total. The number of benzene rings is 1. The van der Waals surface area contributed by atoms with Crippen LogP contribution in [0.5, 0.6) is 5.75 Å². The number of hydrogen-bond acceptors (Lipinski definition) is 8. The molecule has 2 aromatic heterocycles. The standard InChI is InChI=1S/C19H22N4O5S/c1-12-5-4-6-16(9-12)26-8-7-17-20-19(28-22-17)15-10-23(11-15)29(24,25)18-13(2)21-27-14(18)3/h4-6,9,15H,7-8,10-11H2,1-3H3. The highest BCUT2D eigenvalue weighted by molar-refractivity contribution is 7.89. The van der Waals surface area contributed by atoms with Gasteiger partial charge in [-0.05, 0) is 38.5 Å². The minimum atomic E-state index is -3.64. The van der Waals surface area contributed by atoms with E-state index in [1.54, 1.807) is 13.8 Å². The summed E-state index contributed by atoms with van der Waals surface area (Å²) in [6, 6.07) is 7.81. The van der Waals surface area contributed by atoms with Crippen molar-refractivity contribution in [3.63, 3.8) is 0 Å². The van der Waals surface area contributed by atoms with Crippen LogP contribution in [0.1, 0.15) is 34.7 Å². The van der Waals surface area contributed by atoms with E-state index in [1.165, 1.54) is 4.31 Å². The van der Waals surface area contributed by atoms with Crippen LogP contribution < -0.4 is 4.74 Å². The molecule has 0 unspecified atom stereocenters. The fourth-order valence-corrected chi connectivity index (χ4v) is 5.08. The summed E-state index contributed by atoms with van der Waals surface area (Å²) in [5.41, 5.74) is 1.49. The summed E-state index contributed by atoms with van der Waals surface area (Å²) < 4.78 is 42.9. The van der Waals surface area contributed by atoms with Crippen molar-refractivity contribution in [1.82, 2.24) is 19.6 Å². The smallest absolute Gasteiger partial charge is 0.248 e. The summed E-state index contributed by atoms with van der Waals surface area (Å²) in [5.74, 6) is 1.96. The lowest BCUT2D eigenvalue weighted by atomic mass is 10.0. The maximum absolute atomic E-state index is 12.7. The molecule has 3 heterocycles. The fraction of sp³-hybridized carbons (Fsp3) is 0.421. The Morgan fingerprint density at radius 2 is 1.97 bits per heavy atom. The Labute approximate surface area is 168 Å². The highest BCUT2D eigenvalue weighted by atomic mass is 32.2. The number of sulfonamides is 1. The fourth-order valence-electron chi connectivity index (χ4n) is 3.26. The van der Waals surface area contributed by atoms with E-state index in [1.807, 2.05) is 31.2 Å². The van der Waals surface area contributed by atoms with Crippen molar-refractivity contribution in [2.45, 2.75) is 38.0 Å². The molecule has 154 valence electrons. The average molecular weight is 418 g/mol. The molecular formula is C19H22N4O5S. The number of aromatic nitrogens is 3. The van der Waals surface area contributed by atoms with Crippen LogP contribution in [0.2, 0.25) is 0 Å². The molecule has 1 aliphatic rings. The van der Waals surface area contributed by atoms with E-state index < -0.39 is 10.0 Å². The number of ether oxygens (including phenoxy) is 1. The maximum atomic E-state index is 12.7. The number of aryl methyl sites for hydroxylation is 3. The molecule has 0 atom stereocenters. The molecule has 0 spiro atoms. The largest absolute Gasteiger partial charge is 0.493 e. The number of nitrogens with zero attached hydrogens (tertiary/aromatic N) is 4. The van der Waals surface area contributed by atoms with Crippen LogP contribution in [0.15, 0.2) is 38.2 Å². The molecule has 0 amide bonds. The first kappa shape index (κ1) is 19.6. The Bertz CT molecular complexity index is 1100. The summed E-state index contributed by atoms with van der Waals surface area (Å²) in [6.45, 7) is 6.21. The molecule has 0 aliphatic carbocycles. The van der Waals surface area contributed by atoms with Gasteiger partial charge in [0.15, 0.2) is 11.6 Å². The van der Waals surface area contributed by atoms with Gasteiger partial charge in [-0.1, -0.05) is 22.4 Å². The quantitative estimate of drug-likeness (QED) is 0.575. The predicted octanol–water partition coefficient (Wildman–Crippen LogP) is 2.39. The van der Waals surface area contributed by atoms with Crippen molar-refractivity contribution in [3.05, 3.63) is 53.0 Å². The van der Waals surface area contributed by atoms with E-state index in [0.29, 0.717) is 36.2 Å². The zero-order valence-electron chi connectivity index (χ0n) is 16.5. The third kappa shape index (κ3) is 3.90. The van der Waals surface area contributed by atoms with E-state index >= 15 is 0 Å². The van der Waals surface area contributed by atoms with Gasteiger partial charge in [0, 0.05) is 19.5 Å². The minimum Gasteiger partial charge on any atom is -0.493 e. The van der Waals surface area contributed by atoms with Crippen molar-refractivity contribution in [3.8, 4) is 5.75 Å². The first-order valence-corrected chi connectivity index (χ1v) is 10.7. The topological polar surface area (TPSA) is 112 Å². The minimum absolute atomic E-state index is 0.121. The molecule has 4 rings (SSSR count). The van der Waals surface area contributed by atoms with E-state index in [0.717, 1.165) is 11.3 Å². The zero-order chi connectivity index (χ0) is 20.6. The SMILES string of the molecule is Cc1cccc(OCCc2noc(C3CN(S(=O)(=O)c4c(C)noc4C)C3)n2)c1. The third-order valence-electron chi connectivity index (χ3n) is 4.83. The van der Waals surface area contributed by atoms with E-state index in [9.17, 15) is 8.42 Å². The molecule has 0 saturated carbocycles. The van der Waals surface area contributed by atoms with Gasteiger partial charge >= 0.3 is 0 Å². The molecule has 1 fully saturated rings. The van der Waals surface area contributed by atoms with Crippen molar-refractivity contribution in [1.29, 1.82) is 0 Å². The summed E-state index contributed by atoms with van der Waals surface area (Å²) in [7, 11) is -3.64. The Balaban J connectivity index is 1.32. The third-order valence-corrected chi connectivity index (χ3v) is 6.91. The van der Waals surface area contributed by atoms with Crippen molar-refractivity contribution < 1.29 is 22.2 Å². The molecule has 3 aromatic rings. The second-order valence-electron chi connectivity index (χ2n) is 7.14. The normalized spacial score (nSPS) is 15.4. The highest BCUT2D eigenvalue weighted by Crippen LogP contribution is 2.33. The first-order chi connectivity index (χ1) is 13.8. The molecule has 0 radical (unpaired) electrons. The van der Waals surface area contributed by atoms with Crippen molar-refractivity contribution >= 4 is 10.0 Å². The van der Waals surface area contributed by atoms with Gasteiger partial charge in [-0.3, -0.25) is 0 Å². The van der Waals surface area contributed by atoms with Gasteiger partial charge in [-0.2, -0.15) is 9.29 Å². The van der Waals surface area contributed by atoms with Crippen LogP contribution in [-0.4, -0.2) is 47.7 Å². The monoisotopic (exact) mass is 418 g/mol. The zero-order valence-corrected chi connectivity index (χ0v) is 17.3. The van der Waals surface area contributed by atoms with Gasteiger partial charge in [-0.25, -0.2) is 8.42 Å². The lowest BCUT2D eigenvalue weighted by Gasteiger charge is -2.35. The van der Waals surface area contributed by atoms with E-state index in [4.69, 9.17) is 13.8 Å². The molecule has 1 aromatic carbocycles. The Hall–Kier alpha value is -2.72. The molecule has 29 heavy (non-hydrogen) atoms. The molecule has 1 aliphatic heterocycles. The maximum Gasteiger partial charge on any atom is 0.248 e. The van der Waals surface area contributed by atoms with Gasteiger partial charge in [0.05, 0.1) is 12.5 Å². The van der Waals surface area contributed by atoms with Crippen LogP contribution in [0, 0.1) is 20.8 Å². The van der Waals surface area contributed by atoms with Crippen LogP contribution >= 0.6 is 0 Å². The molecular weight excluding hydrogens is 396 g/mol. The Morgan fingerprint density at radius 3 is 2.66 bits per heavy atom. The van der Waals surface area contributed by atoms with Gasteiger partial charge in [0.2, 0.25) is 15.9 Å². The first-order valence-electron chi connectivity index (χ1n) is 9.29. The summed E-state index contributed by atoms with van der Waals surface area (Å²) in [6.07, 6.45) is 0.505. The molecule has 9 nitrogen and oxygen atoms in total. The number of rotatable bonds is 7. The van der Waals surface area contributed by atoms with E-state index in [-0.39, 0.29) is 23.9 Å². The summed E-state index contributed by atoms with van der Waals surface area (Å²) in [4.78, 5) is 4.52. The lowest BCUT2D eigenvalue weighted by Crippen LogP contribution is -2.48. The highest BCUT2D eigenvalue weighted by Gasteiger charge is 2.42. The van der Waals surface area contributed by atoms with Gasteiger partial charge < -0.3 is 13.8 Å². The second kappa shape index (κ2) is 7.60. The molecule has 1 saturated heterocycles. The van der Waals surface area contributed by atoms with Gasteiger partial charge in [-0.15, -0.1) is 0 Å². The van der Waals surface area contributed by atoms with Gasteiger partial charge in [0.25, 0.3) is 0 Å². The van der Waals surface area contributed by atoms with Crippen molar-refractivity contribution in [2.75, 3.05) is 19.7 Å². The molecule has 0 bridgehead atoms. The predicted molar refractivity (Wildman–Crippen MR) is 102 cm³/mol. The number of hydrogen-bond donors (Lipinski definition) is 0. The lowest BCUT2D eigenvalue weighted by molar-refractivity contribution is 0.216. The Kier molecular flexibility index (Phi) is 5.13. The second-order valence-corrected chi connectivity index (χ2v) is 9.01. The summed E-state index contributed by atoms with van der Waals surface area (Å²) >= 11 is 0. The van der Waals surface area contributed by atoms with E-state index in [2.05, 4.69) is 15.3 Å².